The second-order valence-electron chi connectivity index (χ2n) is 4.02. The lowest BCUT2D eigenvalue weighted by Crippen LogP contribution is -2.32. The summed E-state index contributed by atoms with van der Waals surface area (Å²) in [6.07, 6.45) is 3.50. The zero-order chi connectivity index (χ0) is 13.5. The van der Waals surface area contributed by atoms with Gasteiger partial charge in [0.05, 0.1) is 11.5 Å². The number of halogens is 1. The van der Waals surface area contributed by atoms with Crippen molar-refractivity contribution in [1.29, 1.82) is 0 Å². The van der Waals surface area contributed by atoms with Gasteiger partial charge in [0, 0.05) is 25.7 Å². The third kappa shape index (κ3) is 8.82. The van der Waals surface area contributed by atoms with Gasteiger partial charge in [-0.15, -0.1) is 11.6 Å². The van der Waals surface area contributed by atoms with Crippen molar-refractivity contribution in [3.8, 4) is 0 Å². The lowest BCUT2D eigenvalue weighted by Gasteiger charge is -2.16. The molecule has 0 saturated heterocycles. The lowest BCUT2D eigenvalue weighted by molar-refractivity contribution is 0.455. The van der Waals surface area contributed by atoms with E-state index >= 15 is 0 Å². The number of sulfone groups is 1. The Morgan fingerprint density at radius 1 is 1.00 bits per heavy atom. The molecule has 0 spiro atoms. The average molecular weight is 306 g/mol. The fraction of sp³-hybridized carbons (Fsp3) is 1.00. The zero-order valence-electron chi connectivity index (χ0n) is 10.2. The van der Waals surface area contributed by atoms with Gasteiger partial charge in [0.25, 0.3) is 0 Å². The molecule has 0 bridgehead atoms. The third-order valence-corrected chi connectivity index (χ3v) is 5.62. The van der Waals surface area contributed by atoms with Crippen LogP contribution >= 0.6 is 11.6 Å². The zero-order valence-corrected chi connectivity index (χ0v) is 12.6. The number of nitrogens with zero attached hydrogens (tertiary/aromatic N) is 1. The Morgan fingerprint density at radius 2 is 1.59 bits per heavy atom. The fourth-order valence-corrected chi connectivity index (χ4v) is 4.12. The maximum absolute atomic E-state index is 11.7. The van der Waals surface area contributed by atoms with E-state index in [1.165, 1.54) is 11.4 Å². The molecular formula is C9H20ClNO4S2. The van der Waals surface area contributed by atoms with Crippen molar-refractivity contribution in [2.45, 2.75) is 19.3 Å². The van der Waals surface area contributed by atoms with Gasteiger partial charge in [-0.3, -0.25) is 0 Å². The van der Waals surface area contributed by atoms with Crippen LogP contribution in [0, 0.1) is 0 Å². The van der Waals surface area contributed by atoms with E-state index < -0.39 is 19.9 Å². The molecule has 0 N–H and O–H groups in total. The molecule has 0 aromatic heterocycles. The molecule has 0 unspecified atom stereocenters. The van der Waals surface area contributed by atoms with Crippen LogP contribution in [0.5, 0.6) is 0 Å². The Bertz CT molecular complexity index is 405. The first kappa shape index (κ1) is 17.2. The smallest absolute Gasteiger partial charge is 0.214 e. The topological polar surface area (TPSA) is 71.5 Å². The van der Waals surface area contributed by atoms with Crippen LogP contribution < -0.4 is 0 Å². The largest absolute Gasteiger partial charge is 0.229 e. The highest BCUT2D eigenvalue weighted by Gasteiger charge is 2.19. The summed E-state index contributed by atoms with van der Waals surface area (Å²) in [7, 11) is -5.23. The van der Waals surface area contributed by atoms with Gasteiger partial charge in [0.15, 0.2) is 0 Å². The number of hydrogen-bond donors (Lipinski definition) is 0. The fourth-order valence-electron chi connectivity index (χ4n) is 1.16. The van der Waals surface area contributed by atoms with Crippen LogP contribution in [0.4, 0.5) is 0 Å². The van der Waals surface area contributed by atoms with Crippen molar-refractivity contribution in [2.75, 3.05) is 37.2 Å². The predicted molar refractivity (Wildman–Crippen MR) is 70.7 cm³/mol. The quantitative estimate of drug-likeness (QED) is 0.464. The summed E-state index contributed by atoms with van der Waals surface area (Å²) in [4.78, 5) is 0. The van der Waals surface area contributed by atoms with Crippen molar-refractivity contribution >= 4 is 31.5 Å². The maximum Gasteiger partial charge on any atom is 0.214 e. The summed E-state index contributed by atoms with van der Waals surface area (Å²) < 4.78 is 46.4. The molecule has 104 valence electrons. The highest BCUT2D eigenvalue weighted by Crippen LogP contribution is 2.04. The minimum Gasteiger partial charge on any atom is -0.229 e. The van der Waals surface area contributed by atoms with E-state index in [0.29, 0.717) is 12.4 Å². The second kappa shape index (κ2) is 7.56. The van der Waals surface area contributed by atoms with Crippen molar-refractivity contribution in [1.82, 2.24) is 4.31 Å². The van der Waals surface area contributed by atoms with Crippen molar-refractivity contribution in [3.63, 3.8) is 0 Å². The first-order chi connectivity index (χ1) is 7.69. The monoisotopic (exact) mass is 305 g/mol. The van der Waals surface area contributed by atoms with Crippen LogP contribution in [0.15, 0.2) is 0 Å². The first-order valence-electron chi connectivity index (χ1n) is 5.37. The Labute approximate surface area is 109 Å². The summed E-state index contributed by atoms with van der Waals surface area (Å²) in [5.74, 6) is -0.107. The summed E-state index contributed by atoms with van der Waals surface area (Å²) in [6, 6.07) is 0. The maximum atomic E-state index is 11.7. The molecule has 0 aliphatic heterocycles. The Morgan fingerprint density at radius 3 is 2.06 bits per heavy atom. The normalized spacial score (nSPS) is 13.2. The minimum atomic E-state index is -3.46. The van der Waals surface area contributed by atoms with E-state index in [-0.39, 0.29) is 11.5 Å². The lowest BCUT2D eigenvalue weighted by atomic mass is 10.2. The number of unbranched alkanes of at least 4 members (excludes halogenated alkanes) is 2. The van der Waals surface area contributed by atoms with E-state index in [2.05, 4.69) is 0 Å². The summed E-state index contributed by atoms with van der Waals surface area (Å²) in [5.41, 5.74) is 0. The average Bonchev–Trinajstić information content (AvgIpc) is 2.20. The molecule has 0 aromatic carbocycles. The molecular weight excluding hydrogens is 286 g/mol. The predicted octanol–water partition coefficient (Wildman–Crippen LogP) is 0.702. The number of hydrogen-bond acceptors (Lipinski definition) is 4. The van der Waals surface area contributed by atoms with Crippen LogP contribution in [0.3, 0.4) is 0 Å². The molecule has 0 heterocycles. The van der Waals surface area contributed by atoms with Gasteiger partial charge in [-0.05, 0) is 12.8 Å². The van der Waals surface area contributed by atoms with E-state index in [9.17, 15) is 16.8 Å². The van der Waals surface area contributed by atoms with Gasteiger partial charge >= 0.3 is 0 Å². The summed E-state index contributed by atoms with van der Waals surface area (Å²) in [6.45, 7) is 0.406. The summed E-state index contributed by atoms with van der Waals surface area (Å²) >= 11 is 5.51. The van der Waals surface area contributed by atoms with Gasteiger partial charge in [-0.25, -0.2) is 21.1 Å². The van der Waals surface area contributed by atoms with E-state index in [1.807, 2.05) is 0 Å². The van der Waals surface area contributed by atoms with E-state index in [1.54, 1.807) is 0 Å². The molecule has 0 aromatic rings. The molecule has 17 heavy (non-hydrogen) atoms. The highest BCUT2D eigenvalue weighted by atomic mass is 35.5. The molecule has 0 radical (unpaired) electrons. The van der Waals surface area contributed by atoms with Gasteiger partial charge in [0.1, 0.15) is 9.84 Å². The van der Waals surface area contributed by atoms with Gasteiger partial charge < -0.3 is 0 Å². The second-order valence-corrected chi connectivity index (χ2v) is 8.85. The Hall–Kier alpha value is 0.150. The molecule has 0 amide bonds. The van der Waals surface area contributed by atoms with Crippen LogP contribution in [0.2, 0.25) is 0 Å². The molecule has 5 nitrogen and oxygen atoms in total. The SMILES string of the molecule is CN(CCCCCCl)S(=O)(=O)CCS(C)(=O)=O. The van der Waals surface area contributed by atoms with Crippen LogP contribution in [-0.2, 0) is 19.9 Å². The third-order valence-electron chi connectivity index (χ3n) is 2.29. The van der Waals surface area contributed by atoms with Crippen LogP contribution in [0.25, 0.3) is 0 Å². The van der Waals surface area contributed by atoms with Crippen LogP contribution in [0.1, 0.15) is 19.3 Å². The summed E-state index contributed by atoms with van der Waals surface area (Å²) in [5, 5.41) is 0. The highest BCUT2D eigenvalue weighted by molar-refractivity contribution is 7.93. The molecule has 0 atom stereocenters. The van der Waals surface area contributed by atoms with Crippen molar-refractivity contribution < 1.29 is 16.8 Å². The molecule has 0 fully saturated rings. The minimum absolute atomic E-state index is 0.332. The van der Waals surface area contributed by atoms with E-state index in [4.69, 9.17) is 11.6 Å². The number of sulfonamides is 1. The molecule has 0 aliphatic rings. The number of rotatable bonds is 9. The molecule has 0 rings (SSSR count). The molecule has 0 saturated carbocycles. The Kier molecular flexibility index (Phi) is 7.62. The molecule has 8 heteroatoms. The first-order valence-corrected chi connectivity index (χ1v) is 9.57. The van der Waals surface area contributed by atoms with Gasteiger partial charge in [0.2, 0.25) is 10.0 Å². The van der Waals surface area contributed by atoms with E-state index in [0.717, 1.165) is 25.5 Å². The number of alkyl halides is 1. The van der Waals surface area contributed by atoms with Gasteiger partial charge in [-0.1, -0.05) is 6.42 Å². The van der Waals surface area contributed by atoms with Crippen molar-refractivity contribution in [2.24, 2.45) is 0 Å². The van der Waals surface area contributed by atoms with Gasteiger partial charge in [-0.2, -0.15) is 0 Å². The van der Waals surface area contributed by atoms with Crippen molar-refractivity contribution in [3.05, 3.63) is 0 Å². The standard InChI is InChI=1S/C9H20ClNO4S2/c1-11(7-5-3-4-6-10)17(14,15)9-8-16(2,12)13/h3-9H2,1-2H3. The van der Waals surface area contributed by atoms with Crippen LogP contribution in [-0.4, -0.2) is 58.4 Å². The Balaban J connectivity index is 4.12. The molecule has 0 aliphatic carbocycles.